The summed E-state index contributed by atoms with van der Waals surface area (Å²) in [4.78, 5) is 23.9. The van der Waals surface area contributed by atoms with Gasteiger partial charge in [-0.2, -0.15) is 13.2 Å². The number of nitrogens with one attached hydrogen (secondary N) is 2. The van der Waals surface area contributed by atoms with Gasteiger partial charge >= 0.3 is 6.18 Å². The zero-order chi connectivity index (χ0) is 20.3. The van der Waals surface area contributed by atoms with Crippen LogP contribution < -0.4 is 10.6 Å². The summed E-state index contributed by atoms with van der Waals surface area (Å²) >= 11 is 0. The van der Waals surface area contributed by atoms with Gasteiger partial charge in [-0.05, 0) is 61.2 Å². The number of benzene rings is 2. The largest absolute Gasteiger partial charge is 0.416 e. The van der Waals surface area contributed by atoms with Crippen LogP contribution in [0.25, 0.3) is 6.08 Å². The second-order valence-corrected chi connectivity index (χ2v) is 6.72. The van der Waals surface area contributed by atoms with Crippen molar-refractivity contribution in [2.45, 2.75) is 32.0 Å². The molecule has 0 heterocycles. The summed E-state index contributed by atoms with van der Waals surface area (Å²) in [7, 11) is 0. The predicted molar refractivity (Wildman–Crippen MR) is 101 cm³/mol. The molecule has 0 unspecified atom stereocenters. The molecule has 146 valence electrons. The molecule has 2 N–H and O–H groups in total. The normalized spacial score (nSPS) is 14.1. The van der Waals surface area contributed by atoms with Crippen molar-refractivity contribution in [3.05, 3.63) is 70.8 Å². The van der Waals surface area contributed by atoms with Gasteiger partial charge in [0.1, 0.15) is 0 Å². The molecule has 0 atom stereocenters. The highest BCUT2D eigenvalue weighted by molar-refractivity contribution is 6.02. The summed E-state index contributed by atoms with van der Waals surface area (Å²) in [6.45, 7) is 1.36. The molecule has 28 heavy (non-hydrogen) atoms. The number of anilines is 1. The minimum absolute atomic E-state index is 0.0691. The van der Waals surface area contributed by atoms with Gasteiger partial charge in [0.2, 0.25) is 5.91 Å². The minimum atomic E-state index is -4.48. The van der Waals surface area contributed by atoms with E-state index in [9.17, 15) is 22.8 Å². The van der Waals surface area contributed by atoms with Gasteiger partial charge in [0, 0.05) is 23.4 Å². The third-order valence-corrected chi connectivity index (χ3v) is 4.32. The summed E-state index contributed by atoms with van der Waals surface area (Å²) < 4.78 is 38.8. The first-order valence-corrected chi connectivity index (χ1v) is 8.80. The van der Waals surface area contributed by atoms with Crippen molar-refractivity contribution in [2.75, 3.05) is 5.32 Å². The predicted octanol–water partition coefficient (Wildman–Crippen LogP) is 4.56. The van der Waals surface area contributed by atoms with Gasteiger partial charge in [0.05, 0.1) is 5.56 Å². The zero-order valence-corrected chi connectivity index (χ0v) is 15.1. The van der Waals surface area contributed by atoms with Crippen molar-refractivity contribution >= 4 is 23.6 Å². The number of halogens is 3. The number of rotatable bonds is 5. The SMILES string of the molecule is Cc1ccc(NC(=O)/C=C/c2ccc(C(=O)NC3CC3)cc2)cc1C(F)(F)F. The van der Waals surface area contributed by atoms with E-state index in [1.54, 1.807) is 24.3 Å². The number of carbonyl (C=O) groups excluding carboxylic acids is 2. The quantitative estimate of drug-likeness (QED) is 0.738. The zero-order valence-electron chi connectivity index (χ0n) is 15.1. The van der Waals surface area contributed by atoms with Crippen molar-refractivity contribution in [3.63, 3.8) is 0 Å². The van der Waals surface area contributed by atoms with Crippen molar-refractivity contribution in [1.29, 1.82) is 0 Å². The van der Waals surface area contributed by atoms with Crippen molar-refractivity contribution in [3.8, 4) is 0 Å². The van der Waals surface area contributed by atoms with Crippen LogP contribution in [0.4, 0.5) is 18.9 Å². The van der Waals surface area contributed by atoms with E-state index >= 15 is 0 Å². The molecule has 3 rings (SSSR count). The molecule has 0 saturated heterocycles. The van der Waals surface area contributed by atoms with Crippen LogP contribution >= 0.6 is 0 Å². The first-order valence-electron chi connectivity index (χ1n) is 8.80. The van der Waals surface area contributed by atoms with Gasteiger partial charge in [0.25, 0.3) is 5.91 Å². The summed E-state index contributed by atoms with van der Waals surface area (Å²) in [6.07, 6.45) is 0.289. The summed E-state index contributed by atoms with van der Waals surface area (Å²) in [5, 5.41) is 5.31. The summed E-state index contributed by atoms with van der Waals surface area (Å²) in [6, 6.07) is 10.6. The molecule has 4 nitrogen and oxygen atoms in total. The Morgan fingerprint density at radius 2 is 1.75 bits per heavy atom. The first-order chi connectivity index (χ1) is 13.2. The highest BCUT2D eigenvalue weighted by atomic mass is 19.4. The number of carbonyl (C=O) groups is 2. The van der Waals surface area contributed by atoms with Crippen LogP contribution in [-0.4, -0.2) is 17.9 Å². The monoisotopic (exact) mass is 388 g/mol. The third-order valence-electron chi connectivity index (χ3n) is 4.32. The Kier molecular flexibility index (Phi) is 5.53. The maximum absolute atomic E-state index is 12.9. The lowest BCUT2D eigenvalue weighted by atomic mass is 10.1. The number of hydrogen-bond donors (Lipinski definition) is 2. The summed E-state index contributed by atoms with van der Waals surface area (Å²) in [5.41, 5.74) is 0.603. The van der Waals surface area contributed by atoms with Crippen LogP contribution in [0, 0.1) is 6.92 Å². The molecule has 0 aliphatic heterocycles. The van der Waals surface area contributed by atoms with Crippen molar-refractivity contribution in [2.24, 2.45) is 0 Å². The highest BCUT2D eigenvalue weighted by Crippen LogP contribution is 2.33. The van der Waals surface area contributed by atoms with Gasteiger partial charge in [-0.3, -0.25) is 9.59 Å². The minimum Gasteiger partial charge on any atom is -0.349 e. The van der Waals surface area contributed by atoms with Crippen LogP contribution in [-0.2, 0) is 11.0 Å². The molecule has 0 spiro atoms. The van der Waals surface area contributed by atoms with E-state index in [1.165, 1.54) is 31.2 Å². The number of amides is 2. The Bertz CT molecular complexity index is 914. The third kappa shape index (κ3) is 5.22. The lowest BCUT2D eigenvalue weighted by Crippen LogP contribution is -2.25. The molecule has 7 heteroatoms. The summed E-state index contributed by atoms with van der Waals surface area (Å²) in [5.74, 6) is -0.678. The molecule has 0 aromatic heterocycles. The number of hydrogen-bond acceptors (Lipinski definition) is 2. The van der Waals surface area contributed by atoms with E-state index in [0.717, 1.165) is 18.9 Å². The van der Waals surface area contributed by atoms with E-state index < -0.39 is 17.6 Å². The van der Waals surface area contributed by atoms with Crippen LogP contribution in [0.2, 0.25) is 0 Å². The van der Waals surface area contributed by atoms with Crippen LogP contribution in [0.5, 0.6) is 0 Å². The first kappa shape index (κ1) is 19.7. The van der Waals surface area contributed by atoms with Crippen molar-refractivity contribution < 1.29 is 22.8 Å². The van der Waals surface area contributed by atoms with E-state index in [-0.39, 0.29) is 23.2 Å². The van der Waals surface area contributed by atoms with Crippen LogP contribution in [0.1, 0.15) is 39.9 Å². The average Bonchev–Trinajstić information content (AvgIpc) is 3.45. The fourth-order valence-corrected chi connectivity index (χ4v) is 2.60. The second kappa shape index (κ2) is 7.88. The van der Waals surface area contributed by atoms with E-state index in [2.05, 4.69) is 10.6 Å². The molecule has 1 aliphatic rings. The number of aryl methyl sites for hydroxylation is 1. The van der Waals surface area contributed by atoms with Gasteiger partial charge in [-0.25, -0.2) is 0 Å². The van der Waals surface area contributed by atoms with Crippen LogP contribution in [0.3, 0.4) is 0 Å². The molecular formula is C21H19F3N2O2. The molecule has 1 aliphatic carbocycles. The van der Waals surface area contributed by atoms with Gasteiger partial charge in [-0.1, -0.05) is 18.2 Å². The molecule has 1 fully saturated rings. The van der Waals surface area contributed by atoms with Gasteiger partial charge in [-0.15, -0.1) is 0 Å². The van der Waals surface area contributed by atoms with E-state index in [0.29, 0.717) is 11.1 Å². The highest BCUT2D eigenvalue weighted by Gasteiger charge is 2.32. The Labute approximate surface area is 160 Å². The molecule has 1 saturated carbocycles. The molecule has 0 radical (unpaired) electrons. The molecule has 2 aromatic carbocycles. The topological polar surface area (TPSA) is 58.2 Å². The maximum atomic E-state index is 12.9. The van der Waals surface area contributed by atoms with E-state index in [4.69, 9.17) is 0 Å². The fraction of sp³-hybridized carbons (Fsp3) is 0.238. The second-order valence-electron chi connectivity index (χ2n) is 6.72. The number of alkyl halides is 3. The fourth-order valence-electron chi connectivity index (χ4n) is 2.60. The average molecular weight is 388 g/mol. The Hall–Kier alpha value is -3.09. The van der Waals surface area contributed by atoms with E-state index in [1.807, 2.05) is 0 Å². The molecule has 2 aromatic rings. The van der Waals surface area contributed by atoms with Gasteiger partial charge < -0.3 is 10.6 Å². The lowest BCUT2D eigenvalue weighted by molar-refractivity contribution is -0.138. The molecule has 0 bridgehead atoms. The van der Waals surface area contributed by atoms with Gasteiger partial charge in [0.15, 0.2) is 0 Å². The van der Waals surface area contributed by atoms with Crippen LogP contribution in [0.15, 0.2) is 48.5 Å². The Balaban J connectivity index is 1.61. The Morgan fingerprint density at radius 1 is 1.07 bits per heavy atom. The molecular weight excluding hydrogens is 369 g/mol. The van der Waals surface area contributed by atoms with Crippen molar-refractivity contribution in [1.82, 2.24) is 5.32 Å². The lowest BCUT2D eigenvalue weighted by Gasteiger charge is -2.12. The molecule has 2 amide bonds. The maximum Gasteiger partial charge on any atom is 0.416 e. The Morgan fingerprint density at radius 3 is 2.36 bits per heavy atom. The smallest absolute Gasteiger partial charge is 0.349 e. The standard InChI is InChI=1S/C21H19F3N2O2/c1-13-2-8-17(12-18(13)21(22,23)24)25-19(27)11-5-14-3-6-15(7-4-14)20(28)26-16-9-10-16/h2-8,11-12,16H,9-10H2,1H3,(H,25,27)(H,26,28)/b11-5+.